The smallest absolute Gasteiger partial charge is 0.130 e. The molecule has 0 aliphatic rings. The second-order valence-electron chi connectivity index (χ2n) is 4.12. The van der Waals surface area contributed by atoms with Crippen LogP contribution in [-0.2, 0) is 0 Å². The maximum atomic E-state index is 13.2. The first kappa shape index (κ1) is 12.8. The Hall–Kier alpha value is -1.22. The summed E-state index contributed by atoms with van der Waals surface area (Å²) in [7, 11) is 0. The standard InChI is InChI=1S/C13H17F2N/c1-10(2)9-16-7-3-4-11-8-12(14)5-6-13(11)15/h3-6,8,10,16H,7,9H2,1-2H3. The van der Waals surface area contributed by atoms with Gasteiger partial charge in [-0.2, -0.15) is 0 Å². The maximum Gasteiger partial charge on any atom is 0.130 e. The van der Waals surface area contributed by atoms with Crippen LogP contribution in [0.5, 0.6) is 0 Å². The van der Waals surface area contributed by atoms with Crippen molar-refractivity contribution in [3.63, 3.8) is 0 Å². The summed E-state index contributed by atoms with van der Waals surface area (Å²) in [5.74, 6) is -0.239. The van der Waals surface area contributed by atoms with Crippen molar-refractivity contribution in [2.45, 2.75) is 13.8 Å². The van der Waals surface area contributed by atoms with E-state index in [-0.39, 0.29) is 5.56 Å². The quantitative estimate of drug-likeness (QED) is 0.759. The van der Waals surface area contributed by atoms with Gasteiger partial charge in [0.05, 0.1) is 0 Å². The zero-order valence-electron chi connectivity index (χ0n) is 9.63. The number of benzene rings is 1. The number of nitrogens with one attached hydrogen (secondary N) is 1. The number of halogens is 2. The topological polar surface area (TPSA) is 12.0 Å². The molecular weight excluding hydrogens is 208 g/mol. The van der Waals surface area contributed by atoms with Crippen LogP contribution in [0.2, 0.25) is 0 Å². The molecule has 0 fully saturated rings. The highest BCUT2D eigenvalue weighted by atomic mass is 19.1. The lowest BCUT2D eigenvalue weighted by Crippen LogP contribution is -2.19. The molecule has 0 aromatic heterocycles. The fourth-order valence-electron chi connectivity index (χ4n) is 1.28. The van der Waals surface area contributed by atoms with Gasteiger partial charge in [0.15, 0.2) is 0 Å². The van der Waals surface area contributed by atoms with E-state index in [1.54, 1.807) is 12.2 Å². The third kappa shape index (κ3) is 4.53. The van der Waals surface area contributed by atoms with Crippen LogP contribution < -0.4 is 5.32 Å². The molecule has 0 atom stereocenters. The molecule has 0 heterocycles. The van der Waals surface area contributed by atoms with Gasteiger partial charge >= 0.3 is 0 Å². The van der Waals surface area contributed by atoms with Crippen LogP contribution in [0, 0.1) is 17.6 Å². The van der Waals surface area contributed by atoms with Crippen LogP contribution in [0.15, 0.2) is 24.3 Å². The Morgan fingerprint density at radius 1 is 1.31 bits per heavy atom. The molecule has 0 aliphatic heterocycles. The predicted octanol–water partition coefficient (Wildman–Crippen LogP) is 3.22. The van der Waals surface area contributed by atoms with Crippen molar-refractivity contribution in [1.82, 2.24) is 5.32 Å². The molecular formula is C13H17F2N. The van der Waals surface area contributed by atoms with E-state index in [1.807, 2.05) is 0 Å². The van der Waals surface area contributed by atoms with Gasteiger partial charge in [-0.05, 0) is 30.7 Å². The molecule has 1 rings (SSSR count). The van der Waals surface area contributed by atoms with Crippen LogP contribution in [0.1, 0.15) is 19.4 Å². The van der Waals surface area contributed by atoms with Gasteiger partial charge in [0.25, 0.3) is 0 Å². The highest BCUT2D eigenvalue weighted by molar-refractivity contribution is 5.50. The van der Waals surface area contributed by atoms with Crippen LogP contribution in [0.4, 0.5) is 8.78 Å². The minimum Gasteiger partial charge on any atom is -0.313 e. The molecule has 0 saturated heterocycles. The van der Waals surface area contributed by atoms with Crippen LogP contribution in [0.25, 0.3) is 6.08 Å². The SMILES string of the molecule is CC(C)CNCC=Cc1cc(F)ccc1F. The average molecular weight is 225 g/mol. The lowest BCUT2D eigenvalue weighted by atomic mass is 10.2. The van der Waals surface area contributed by atoms with E-state index in [0.717, 1.165) is 18.7 Å². The van der Waals surface area contributed by atoms with E-state index >= 15 is 0 Å². The van der Waals surface area contributed by atoms with E-state index in [4.69, 9.17) is 0 Å². The van der Waals surface area contributed by atoms with Gasteiger partial charge in [-0.1, -0.05) is 26.0 Å². The zero-order chi connectivity index (χ0) is 12.0. The molecule has 1 aromatic rings. The Kier molecular flexibility index (Phi) is 5.12. The monoisotopic (exact) mass is 225 g/mol. The van der Waals surface area contributed by atoms with Crippen LogP contribution in [-0.4, -0.2) is 13.1 Å². The Bertz CT molecular complexity index is 359. The van der Waals surface area contributed by atoms with Gasteiger partial charge in [-0.3, -0.25) is 0 Å². The first-order valence-electron chi connectivity index (χ1n) is 5.42. The third-order valence-corrected chi connectivity index (χ3v) is 2.07. The molecule has 0 unspecified atom stereocenters. The molecule has 88 valence electrons. The Labute approximate surface area is 95.2 Å². The summed E-state index contributed by atoms with van der Waals surface area (Å²) in [4.78, 5) is 0. The minimum atomic E-state index is -0.420. The van der Waals surface area contributed by atoms with Crippen molar-refractivity contribution >= 4 is 6.08 Å². The predicted molar refractivity (Wildman–Crippen MR) is 63.1 cm³/mol. The number of hydrogen-bond donors (Lipinski definition) is 1. The van der Waals surface area contributed by atoms with E-state index < -0.39 is 11.6 Å². The van der Waals surface area contributed by atoms with Gasteiger partial charge in [0, 0.05) is 12.1 Å². The Balaban J connectivity index is 2.46. The first-order valence-corrected chi connectivity index (χ1v) is 5.42. The lowest BCUT2D eigenvalue weighted by Gasteiger charge is -2.03. The highest BCUT2D eigenvalue weighted by Crippen LogP contribution is 2.10. The van der Waals surface area contributed by atoms with Gasteiger partial charge in [-0.25, -0.2) is 8.78 Å². The summed E-state index contributed by atoms with van der Waals surface area (Å²) in [5.41, 5.74) is 0.284. The van der Waals surface area contributed by atoms with Gasteiger partial charge in [0.1, 0.15) is 11.6 Å². The van der Waals surface area contributed by atoms with Crippen LogP contribution >= 0.6 is 0 Å². The molecule has 1 nitrogen and oxygen atoms in total. The van der Waals surface area contributed by atoms with Gasteiger partial charge in [0.2, 0.25) is 0 Å². The minimum absolute atomic E-state index is 0.284. The molecule has 0 bridgehead atoms. The molecule has 16 heavy (non-hydrogen) atoms. The van der Waals surface area contributed by atoms with E-state index in [2.05, 4.69) is 19.2 Å². The summed E-state index contributed by atoms with van der Waals surface area (Å²) in [5, 5.41) is 3.19. The van der Waals surface area contributed by atoms with E-state index in [9.17, 15) is 8.78 Å². The average Bonchev–Trinajstić information content (AvgIpc) is 2.22. The second kappa shape index (κ2) is 6.38. The van der Waals surface area contributed by atoms with Crippen molar-refractivity contribution in [2.75, 3.05) is 13.1 Å². The molecule has 0 amide bonds. The second-order valence-corrected chi connectivity index (χ2v) is 4.12. The van der Waals surface area contributed by atoms with E-state index in [0.29, 0.717) is 12.5 Å². The fraction of sp³-hybridized carbons (Fsp3) is 0.385. The molecule has 1 N–H and O–H groups in total. The van der Waals surface area contributed by atoms with Crippen molar-refractivity contribution in [1.29, 1.82) is 0 Å². The molecule has 0 radical (unpaired) electrons. The Morgan fingerprint density at radius 3 is 2.75 bits per heavy atom. The van der Waals surface area contributed by atoms with Gasteiger partial charge in [-0.15, -0.1) is 0 Å². The molecule has 1 aromatic carbocycles. The van der Waals surface area contributed by atoms with Gasteiger partial charge < -0.3 is 5.32 Å². The van der Waals surface area contributed by atoms with Crippen molar-refractivity contribution < 1.29 is 8.78 Å². The largest absolute Gasteiger partial charge is 0.313 e. The van der Waals surface area contributed by atoms with E-state index in [1.165, 1.54) is 6.07 Å². The maximum absolute atomic E-state index is 13.2. The summed E-state index contributed by atoms with van der Waals surface area (Å²) in [6.45, 7) is 5.80. The summed E-state index contributed by atoms with van der Waals surface area (Å²) in [6, 6.07) is 3.44. The first-order chi connectivity index (χ1) is 7.59. The summed E-state index contributed by atoms with van der Waals surface area (Å²) < 4.78 is 26.0. The number of hydrogen-bond acceptors (Lipinski definition) is 1. The molecule has 0 aliphatic carbocycles. The van der Waals surface area contributed by atoms with Crippen molar-refractivity contribution in [3.8, 4) is 0 Å². The summed E-state index contributed by atoms with van der Waals surface area (Å²) >= 11 is 0. The Morgan fingerprint density at radius 2 is 2.06 bits per heavy atom. The van der Waals surface area contributed by atoms with Crippen molar-refractivity contribution in [2.24, 2.45) is 5.92 Å². The molecule has 0 saturated carbocycles. The number of rotatable bonds is 5. The molecule has 0 spiro atoms. The lowest BCUT2D eigenvalue weighted by molar-refractivity contribution is 0.577. The van der Waals surface area contributed by atoms with Crippen molar-refractivity contribution in [3.05, 3.63) is 41.5 Å². The highest BCUT2D eigenvalue weighted by Gasteiger charge is 1.99. The normalized spacial score (nSPS) is 11.6. The zero-order valence-corrected chi connectivity index (χ0v) is 9.63. The fourth-order valence-corrected chi connectivity index (χ4v) is 1.28. The molecule has 3 heteroatoms. The van der Waals surface area contributed by atoms with Crippen LogP contribution in [0.3, 0.4) is 0 Å². The third-order valence-electron chi connectivity index (χ3n) is 2.07. The summed E-state index contributed by atoms with van der Waals surface area (Å²) in [6.07, 6.45) is 3.38.